The molecular weight excluding hydrogens is 511 g/mol. The Morgan fingerprint density at radius 3 is 2.65 bits per heavy atom. The van der Waals surface area contributed by atoms with Gasteiger partial charge in [-0.05, 0) is 109 Å². The zero-order valence-electron chi connectivity index (χ0n) is 22.7. The lowest BCUT2D eigenvalue weighted by molar-refractivity contribution is -0.130. The minimum atomic E-state index is -0.885. The molecule has 2 heterocycles. The molecule has 11 heteroatoms. The third-order valence-corrected chi connectivity index (χ3v) is 7.86. The number of nitrogens with one attached hydrogen (secondary N) is 3. The van der Waals surface area contributed by atoms with E-state index in [2.05, 4.69) is 37.3 Å². The van der Waals surface area contributed by atoms with Gasteiger partial charge in [0.15, 0.2) is 5.82 Å². The van der Waals surface area contributed by atoms with Gasteiger partial charge in [0.25, 0.3) is 5.91 Å². The summed E-state index contributed by atoms with van der Waals surface area (Å²) in [6, 6.07) is 12.3. The number of nitriles is 1. The van der Waals surface area contributed by atoms with Crippen LogP contribution >= 0.6 is 0 Å². The Morgan fingerprint density at radius 2 is 1.95 bits per heavy atom. The van der Waals surface area contributed by atoms with Crippen LogP contribution in [0.15, 0.2) is 36.4 Å². The zero-order chi connectivity index (χ0) is 28.3. The maximum atomic E-state index is 14.5. The van der Waals surface area contributed by atoms with E-state index in [9.17, 15) is 19.2 Å². The summed E-state index contributed by atoms with van der Waals surface area (Å²) in [6.45, 7) is 4.93. The van der Waals surface area contributed by atoms with Crippen molar-refractivity contribution in [3.63, 3.8) is 0 Å². The highest BCUT2D eigenvalue weighted by Crippen LogP contribution is 2.46. The van der Waals surface area contributed by atoms with Crippen LogP contribution in [-0.2, 0) is 23.1 Å². The van der Waals surface area contributed by atoms with Gasteiger partial charge in [-0.15, -0.1) is 5.10 Å². The molecule has 3 aromatic rings. The number of aromatic amines is 1. The normalized spacial score (nSPS) is 20.0. The van der Waals surface area contributed by atoms with E-state index >= 15 is 0 Å². The van der Waals surface area contributed by atoms with E-state index in [1.54, 1.807) is 23.1 Å². The van der Waals surface area contributed by atoms with E-state index in [0.29, 0.717) is 50.2 Å². The molecule has 1 fully saturated rings. The van der Waals surface area contributed by atoms with Gasteiger partial charge in [0.05, 0.1) is 18.0 Å². The van der Waals surface area contributed by atoms with Gasteiger partial charge in [0, 0.05) is 18.2 Å². The van der Waals surface area contributed by atoms with Crippen LogP contribution in [0, 0.1) is 17.1 Å². The number of hydrogen-bond acceptors (Lipinski definition) is 7. The molecule has 2 aliphatic rings. The minimum Gasteiger partial charge on any atom is -0.350 e. The largest absolute Gasteiger partial charge is 0.350 e. The van der Waals surface area contributed by atoms with Crippen molar-refractivity contribution in [3.8, 4) is 6.07 Å². The summed E-state index contributed by atoms with van der Waals surface area (Å²) in [5.41, 5.74) is 3.26. The molecule has 0 spiro atoms. The highest BCUT2D eigenvalue weighted by atomic mass is 19.1. The first kappa shape index (κ1) is 27.4. The first-order valence-electron chi connectivity index (χ1n) is 13.7. The van der Waals surface area contributed by atoms with E-state index in [4.69, 9.17) is 0 Å². The Hall–Kier alpha value is -4.17. The number of rotatable bonds is 8. The molecule has 2 amide bonds. The number of nitrogens with zero attached hydrogens (tertiary/aromatic N) is 5. The van der Waals surface area contributed by atoms with Crippen LogP contribution in [0.4, 0.5) is 4.39 Å². The summed E-state index contributed by atoms with van der Waals surface area (Å²) < 4.78 is 14.5. The predicted octanol–water partition coefficient (Wildman–Crippen LogP) is 2.40. The maximum absolute atomic E-state index is 14.5. The predicted molar refractivity (Wildman–Crippen MR) is 145 cm³/mol. The van der Waals surface area contributed by atoms with Crippen molar-refractivity contribution < 1.29 is 14.0 Å². The van der Waals surface area contributed by atoms with Crippen LogP contribution in [0.1, 0.15) is 71.5 Å². The summed E-state index contributed by atoms with van der Waals surface area (Å²) in [7, 11) is 0. The molecule has 0 saturated carbocycles. The van der Waals surface area contributed by atoms with Gasteiger partial charge >= 0.3 is 0 Å². The lowest BCUT2D eigenvalue weighted by Gasteiger charge is -2.34. The average molecular weight is 545 g/mol. The molecule has 1 aromatic heterocycles. The maximum Gasteiger partial charge on any atom is 0.251 e. The van der Waals surface area contributed by atoms with E-state index in [-0.39, 0.29) is 36.3 Å². The number of hydrogen-bond donors (Lipinski definition) is 3. The monoisotopic (exact) mass is 544 g/mol. The third-order valence-electron chi connectivity index (χ3n) is 7.86. The number of aryl methyl sites for hydroxylation is 2. The fourth-order valence-electron chi connectivity index (χ4n) is 6.06. The second-order valence-corrected chi connectivity index (χ2v) is 10.8. The molecule has 2 atom stereocenters. The molecule has 5 rings (SSSR count). The molecule has 1 saturated heterocycles. The number of carbonyl (C=O) groups is 2. The first-order valence-corrected chi connectivity index (χ1v) is 13.7. The molecular formula is C29H33FN8O2. The highest BCUT2D eigenvalue weighted by molar-refractivity contribution is 5.94. The van der Waals surface area contributed by atoms with E-state index in [0.717, 1.165) is 28.7 Å². The number of tetrazole rings is 1. The van der Waals surface area contributed by atoms with Gasteiger partial charge in [-0.1, -0.05) is 12.1 Å². The Kier molecular flexibility index (Phi) is 7.89. The molecule has 2 unspecified atom stereocenters. The molecule has 0 bridgehead atoms. The number of carbonyl (C=O) groups excluding carboxylic acids is 2. The third kappa shape index (κ3) is 5.19. The number of likely N-dealkylation sites (tertiary alicyclic amines) is 1. The van der Waals surface area contributed by atoms with Crippen LogP contribution in [0.25, 0.3) is 0 Å². The number of aromatic nitrogens is 4. The summed E-state index contributed by atoms with van der Waals surface area (Å²) in [5.74, 6) is -0.0907. The van der Waals surface area contributed by atoms with Crippen LogP contribution in [0.5, 0.6) is 0 Å². The van der Waals surface area contributed by atoms with Gasteiger partial charge in [-0.25, -0.2) is 9.49 Å². The van der Waals surface area contributed by atoms with Crippen LogP contribution in [0.3, 0.4) is 0 Å². The molecule has 1 aliphatic carbocycles. The van der Waals surface area contributed by atoms with Gasteiger partial charge in [0.1, 0.15) is 11.9 Å². The van der Waals surface area contributed by atoms with Crippen molar-refractivity contribution in [2.45, 2.75) is 63.5 Å². The topological polar surface area (TPSA) is 140 Å². The Labute approximate surface area is 232 Å². The van der Waals surface area contributed by atoms with E-state index in [1.165, 1.54) is 6.07 Å². The molecule has 3 N–H and O–H groups in total. The summed E-state index contributed by atoms with van der Waals surface area (Å²) in [4.78, 5) is 27.3. The fourth-order valence-corrected chi connectivity index (χ4v) is 6.06. The molecule has 208 valence electrons. The van der Waals surface area contributed by atoms with Gasteiger partial charge in [-0.3, -0.25) is 9.59 Å². The molecule has 2 aromatic carbocycles. The SMILES string of the molecule is CC(C)NC(=O)c1ccc2c(c1)CCc1cc(F)ccc1C2(CCNCC(=O)N1CCCC1C#N)c1nnn[nH]1. The number of amides is 2. The second kappa shape index (κ2) is 11.5. The van der Waals surface area contributed by atoms with Crippen molar-refractivity contribution in [1.82, 2.24) is 36.2 Å². The number of fused-ring (bicyclic) bond motifs is 2. The molecule has 10 nitrogen and oxygen atoms in total. The van der Waals surface area contributed by atoms with E-state index < -0.39 is 5.41 Å². The highest BCUT2D eigenvalue weighted by Gasteiger charge is 2.44. The average Bonchev–Trinajstić information content (AvgIpc) is 3.63. The van der Waals surface area contributed by atoms with Crippen LogP contribution < -0.4 is 10.6 Å². The first-order chi connectivity index (χ1) is 19.3. The quantitative estimate of drug-likeness (QED) is 0.370. The molecule has 40 heavy (non-hydrogen) atoms. The van der Waals surface area contributed by atoms with Crippen molar-refractivity contribution in [3.05, 3.63) is 75.9 Å². The molecule has 1 aliphatic heterocycles. The lowest BCUT2D eigenvalue weighted by Crippen LogP contribution is -2.42. The number of halogens is 1. The minimum absolute atomic E-state index is 0.00400. The standard InChI is InChI=1S/C29H33FN8O2/c1-18(2)33-27(40)21-7-9-24-19(14-21)5-6-20-15-22(30)8-10-25(20)29(24,28-34-36-37-35-28)11-12-32-17-26(39)38-13-3-4-23(38)16-31/h7-10,14-15,18,23,32H,3-6,11-13,17H2,1-2H3,(H,33,40)(H,34,35,36,37). The van der Waals surface area contributed by atoms with Gasteiger partial charge < -0.3 is 15.5 Å². The fraction of sp³-hybridized carbons (Fsp3) is 0.448. The lowest BCUT2D eigenvalue weighted by atomic mass is 9.69. The van der Waals surface area contributed by atoms with E-state index in [1.807, 2.05) is 26.0 Å². The zero-order valence-corrected chi connectivity index (χ0v) is 22.7. The molecule has 0 radical (unpaired) electrons. The van der Waals surface area contributed by atoms with Crippen molar-refractivity contribution in [2.75, 3.05) is 19.6 Å². The Bertz CT molecular complexity index is 1430. The summed E-state index contributed by atoms with van der Waals surface area (Å²) in [5, 5.41) is 30.6. The second-order valence-electron chi connectivity index (χ2n) is 10.8. The van der Waals surface area contributed by atoms with Crippen molar-refractivity contribution >= 4 is 11.8 Å². The summed E-state index contributed by atoms with van der Waals surface area (Å²) in [6.07, 6.45) is 3.17. The van der Waals surface area contributed by atoms with Crippen molar-refractivity contribution in [1.29, 1.82) is 5.26 Å². The Balaban J connectivity index is 1.51. The number of H-pyrrole nitrogens is 1. The Morgan fingerprint density at radius 1 is 1.20 bits per heavy atom. The van der Waals surface area contributed by atoms with Crippen molar-refractivity contribution in [2.24, 2.45) is 0 Å². The number of benzene rings is 2. The summed E-state index contributed by atoms with van der Waals surface area (Å²) >= 11 is 0. The van der Waals surface area contributed by atoms with Gasteiger partial charge in [-0.2, -0.15) is 5.26 Å². The van der Waals surface area contributed by atoms with Gasteiger partial charge in [0.2, 0.25) is 5.91 Å². The van der Waals surface area contributed by atoms with Crippen LogP contribution in [0.2, 0.25) is 0 Å². The smallest absolute Gasteiger partial charge is 0.251 e. The van der Waals surface area contributed by atoms with Crippen LogP contribution in [-0.4, -0.2) is 69.1 Å².